The molecule has 0 radical (unpaired) electrons. The topological polar surface area (TPSA) is 55.0 Å². The zero-order valence-corrected chi connectivity index (χ0v) is 13.2. The van der Waals surface area contributed by atoms with Crippen molar-refractivity contribution >= 4 is 11.3 Å². The van der Waals surface area contributed by atoms with E-state index in [1.165, 1.54) is 0 Å². The van der Waals surface area contributed by atoms with E-state index in [0.717, 1.165) is 48.9 Å². The van der Waals surface area contributed by atoms with Crippen LogP contribution in [0.1, 0.15) is 25.5 Å². The number of rotatable bonds is 4. The highest BCUT2D eigenvalue weighted by Crippen LogP contribution is 2.24. The van der Waals surface area contributed by atoms with Gasteiger partial charge in [0.15, 0.2) is 0 Å². The van der Waals surface area contributed by atoms with Crippen molar-refractivity contribution in [1.29, 1.82) is 0 Å². The summed E-state index contributed by atoms with van der Waals surface area (Å²) in [5, 5.41) is 3.16. The molecule has 1 saturated heterocycles. The molecule has 21 heavy (non-hydrogen) atoms. The van der Waals surface area contributed by atoms with E-state index in [-0.39, 0.29) is 0 Å². The zero-order chi connectivity index (χ0) is 14.7. The van der Waals surface area contributed by atoms with Crippen LogP contribution in [0.2, 0.25) is 0 Å². The summed E-state index contributed by atoms with van der Waals surface area (Å²) in [5.41, 5.74) is 8.28. The molecule has 112 valence electrons. The highest BCUT2D eigenvalue weighted by molar-refractivity contribution is 7.13. The van der Waals surface area contributed by atoms with Crippen molar-refractivity contribution in [2.75, 3.05) is 13.1 Å². The van der Waals surface area contributed by atoms with Crippen molar-refractivity contribution in [2.45, 2.75) is 32.4 Å². The molecule has 1 aliphatic heterocycles. The van der Waals surface area contributed by atoms with Crippen molar-refractivity contribution in [2.24, 2.45) is 11.7 Å². The Labute approximate surface area is 130 Å². The van der Waals surface area contributed by atoms with Gasteiger partial charge in [-0.15, -0.1) is 11.3 Å². The minimum atomic E-state index is 0.366. The molecule has 0 saturated carbocycles. The molecule has 5 heteroatoms. The first kappa shape index (κ1) is 14.6. The van der Waals surface area contributed by atoms with Crippen LogP contribution >= 0.6 is 11.3 Å². The molecular formula is C16H22N4S. The lowest BCUT2D eigenvalue weighted by Crippen LogP contribution is -2.46. The SMILES string of the molecule is CCC1CN(Cc2csc(-c3ccccn3)n2)CCC1N. The average Bonchev–Trinajstić information content (AvgIpc) is 2.98. The van der Waals surface area contributed by atoms with E-state index in [9.17, 15) is 0 Å². The first-order chi connectivity index (χ1) is 10.3. The van der Waals surface area contributed by atoms with Crippen LogP contribution in [0.25, 0.3) is 10.7 Å². The average molecular weight is 302 g/mol. The van der Waals surface area contributed by atoms with E-state index >= 15 is 0 Å². The van der Waals surface area contributed by atoms with E-state index in [0.29, 0.717) is 12.0 Å². The minimum absolute atomic E-state index is 0.366. The smallest absolute Gasteiger partial charge is 0.142 e. The number of hydrogen-bond acceptors (Lipinski definition) is 5. The third-order valence-corrected chi connectivity index (χ3v) is 5.14. The minimum Gasteiger partial charge on any atom is -0.327 e. The fourth-order valence-corrected chi connectivity index (χ4v) is 3.70. The van der Waals surface area contributed by atoms with Gasteiger partial charge in [-0.05, 0) is 24.5 Å². The Hall–Kier alpha value is -1.30. The van der Waals surface area contributed by atoms with Crippen LogP contribution in [0.3, 0.4) is 0 Å². The lowest BCUT2D eigenvalue weighted by Gasteiger charge is -2.36. The normalized spacial score (nSPS) is 23.3. The second kappa shape index (κ2) is 6.64. The lowest BCUT2D eigenvalue weighted by atomic mass is 9.91. The molecule has 2 aromatic rings. The first-order valence-corrected chi connectivity index (χ1v) is 8.48. The zero-order valence-electron chi connectivity index (χ0n) is 12.4. The number of thiazole rings is 1. The number of pyridine rings is 1. The molecule has 0 spiro atoms. The third-order valence-electron chi connectivity index (χ3n) is 4.22. The van der Waals surface area contributed by atoms with Crippen LogP contribution in [-0.4, -0.2) is 34.0 Å². The number of hydrogen-bond donors (Lipinski definition) is 1. The molecule has 1 fully saturated rings. The Kier molecular flexibility index (Phi) is 4.63. The number of piperidine rings is 1. The number of likely N-dealkylation sites (tertiary alicyclic amines) is 1. The van der Waals surface area contributed by atoms with Crippen LogP contribution in [-0.2, 0) is 6.54 Å². The van der Waals surface area contributed by atoms with Crippen LogP contribution in [0.4, 0.5) is 0 Å². The molecule has 2 N–H and O–H groups in total. The van der Waals surface area contributed by atoms with Crippen molar-refractivity contribution in [1.82, 2.24) is 14.9 Å². The number of aromatic nitrogens is 2. The van der Waals surface area contributed by atoms with Crippen LogP contribution in [0, 0.1) is 5.92 Å². The monoisotopic (exact) mass is 302 g/mol. The van der Waals surface area contributed by atoms with Gasteiger partial charge < -0.3 is 5.73 Å². The Bertz CT molecular complexity index is 569. The molecule has 0 bridgehead atoms. The molecule has 2 atom stereocenters. The predicted octanol–water partition coefficient (Wildman–Crippen LogP) is 2.76. The van der Waals surface area contributed by atoms with E-state index in [1.54, 1.807) is 11.3 Å². The molecule has 0 amide bonds. The van der Waals surface area contributed by atoms with Gasteiger partial charge in [-0.25, -0.2) is 4.98 Å². The summed E-state index contributed by atoms with van der Waals surface area (Å²) in [6.45, 7) is 5.32. The molecule has 4 nitrogen and oxygen atoms in total. The molecule has 3 rings (SSSR count). The highest BCUT2D eigenvalue weighted by atomic mass is 32.1. The van der Waals surface area contributed by atoms with E-state index in [1.807, 2.05) is 24.4 Å². The summed E-state index contributed by atoms with van der Waals surface area (Å²) < 4.78 is 0. The van der Waals surface area contributed by atoms with Gasteiger partial charge in [0.1, 0.15) is 5.01 Å². The van der Waals surface area contributed by atoms with Crippen LogP contribution in [0.5, 0.6) is 0 Å². The number of nitrogens with zero attached hydrogens (tertiary/aromatic N) is 3. The molecule has 0 aromatic carbocycles. The summed E-state index contributed by atoms with van der Waals surface area (Å²) in [6, 6.07) is 6.31. The summed E-state index contributed by atoms with van der Waals surface area (Å²) in [7, 11) is 0. The highest BCUT2D eigenvalue weighted by Gasteiger charge is 2.25. The van der Waals surface area contributed by atoms with E-state index in [2.05, 4.69) is 22.2 Å². The maximum absolute atomic E-state index is 6.18. The van der Waals surface area contributed by atoms with Crippen molar-refractivity contribution in [3.05, 3.63) is 35.5 Å². The van der Waals surface area contributed by atoms with Gasteiger partial charge in [-0.2, -0.15) is 0 Å². The summed E-state index contributed by atoms with van der Waals surface area (Å²) in [5.74, 6) is 0.618. The van der Waals surface area contributed by atoms with E-state index < -0.39 is 0 Å². The van der Waals surface area contributed by atoms with Gasteiger partial charge in [-0.1, -0.05) is 19.4 Å². The molecule has 0 aliphatic carbocycles. The Morgan fingerprint density at radius 2 is 2.33 bits per heavy atom. The van der Waals surface area contributed by atoms with Crippen molar-refractivity contribution in [3.63, 3.8) is 0 Å². The number of nitrogens with two attached hydrogens (primary N) is 1. The first-order valence-electron chi connectivity index (χ1n) is 7.60. The third kappa shape index (κ3) is 3.48. The fraction of sp³-hybridized carbons (Fsp3) is 0.500. The summed E-state index contributed by atoms with van der Waals surface area (Å²) >= 11 is 1.67. The van der Waals surface area contributed by atoms with Gasteiger partial charge in [0.05, 0.1) is 11.4 Å². The summed E-state index contributed by atoms with van der Waals surface area (Å²) in [4.78, 5) is 11.6. The largest absolute Gasteiger partial charge is 0.327 e. The van der Waals surface area contributed by atoms with Crippen LogP contribution < -0.4 is 5.73 Å². The van der Waals surface area contributed by atoms with Gasteiger partial charge in [0.25, 0.3) is 0 Å². The molecular weight excluding hydrogens is 280 g/mol. The fourth-order valence-electron chi connectivity index (χ4n) is 2.92. The Morgan fingerprint density at radius 3 is 3.10 bits per heavy atom. The maximum atomic E-state index is 6.18. The lowest BCUT2D eigenvalue weighted by molar-refractivity contribution is 0.144. The molecule has 1 aliphatic rings. The molecule has 3 heterocycles. The van der Waals surface area contributed by atoms with Gasteiger partial charge in [0, 0.05) is 37.3 Å². The van der Waals surface area contributed by atoms with Crippen LogP contribution in [0.15, 0.2) is 29.8 Å². The standard InChI is InChI=1S/C16H22N4S/c1-2-12-9-20(8-6-14(12)17)10-13-11-21-16(19-13)15-5-3-4-7-18-15/h3-5,7,11-12,14H,2,6,8-10,17H2,1H3. The Morgan fingerprint density at radius 1 is 1.43 bits per heavy atom. The van der Waals surface area contributed by atoms with Crippen molar-refractivity contribution in [3.8, 4) is 10.7 Å². The second-order valence-electron chi connectivity index (χ2n) is 5.71. The molecule has 2 aromatic heterocycles. The predicted molar refractivity (Wildman–Crippen MR) is 87.0 cm³/mol. The second-order valence-corrected chi connectivity index (χ2v) is 6.57. The maximum Gasteiger partial charge on any atom is 0.142 e. The van der Waals surface area contributed by atoms with Gasteiger partial charge in [-0.3, -0.25) is 9.88 Å². The summed E-state index contributed by atoms with van der Waals surface area (Å²) in [6.07, 6.45) is 4.07. The van der Waals surface area contributed by atoms with Gasteiger partial charge in [0.2, 0.25) is 0 Å². The van der Waals surface area contributed by atoms with E-state index in [4.69, 9.17) is 10.7 Å². The quantitative estimate of drug-likeness (QED) is 0.943. The molecule has 2 unspecified atom stereocenters. The van der Waals surface area contributed by atoms with Crippen molar-refractivity contribution < 1.29 is 0 Å². The Balaban J connectivity index is 1.65. The van der Waals surface area contributed by atoms with Gasteiger partial charge >= 0.3 is 0 Å².